The van der Waals surface area contributed by atoms with Crippen LogP contribution in [0.3, 0.4) is 0 Å². The molecule has 0 aliphatic heterocycles. The number of nitrogens with one attached hydrogen (secondary N) is 2. The summed E-state index contributed by atoms with van der Waals surface area (Å²) in [4.78, 5) is 0. The van der Waals surface area contributed by atoms with E-state index in [4.69, 9.17) is 5.84 Å². The van der Waals surface area contributed by atoms with Crippen LogP contribution in [0, 0.1) is 40.4 Å². The molecule has 0 saturated heterocycles. The molecule has 4 rings (SSSR count). The van der Waals surface area contributed by atoms with Gasteiger partial charge in [-0.15, -0.1) is 0 Å². The SMILES string of the molecule is CCCCCCCCC1CCC2C3CCC4=CC(C)CCC4(C)C3CCC12C.CCNNN. The molecule has 0 aromatic heterocycles. The Hall–Kier alpha value is -0.380. The van der Waals surface area contributed by atoms with E-state index in [1.54, 1.807) is 12.8 Å². The topological polar surface area (TPSA) is 50.1 Å². The van der Waals surface area contributed by atoms with Crippen LogP contribution in [0.2, 0.25) is 0 Å². The van der Waals surface area contributed by atoms with E-state index in [-0.39, 0.29) is 0 Å². The highest BCUT2D eigenvalue weighted by Gasteiger charge is 2.58. The van der Waals surface area contributed by atoms with Crippen molar-refractivity contribution in [2.75, 3.05) is 6.54 Å². The van der Waals surface area contributed by atoms with Gasteiger partial charge in [-0.05, 0) is 98.2 Å². The molecule has 0 radical (unpaired) electrons. The molecule has 4 N–H and O–H groups in total. The molecule has 33 heavy (non-hydrogen) atoms. The normalized spacial score (nSPS) is 39.6. The van der Waals surface area contributed by atoms with Gasteiger partial charge in [0.1, 0.15) is 0 Å². The smallest absolute Gasteiger partial charge is 0.00845 e. The summed E-state index contributed by atoms with van der Waals surface area (Å²) in [6.07, 6.45) is 25.1. The van der Waals surface area contributed by atoms with Crippen molar-refractivity contribution >= 4 is 0 Å². The van der Waals surface area contributed by atoms with Gasteiger partial charge in [0.25, 0.3) is 0 Å². The molecule has 7 atom stereocenters. The predicted octanol–water partition coefficient (Wildman–Crippen LogP) is 7.93. The molecule has 7 unspecified atom stereocenters. The molecule has 3 nitrogen and oxygen atoms in total. The monoisotopic (exact) mass is 459 g/mol. The fourth-order valence-electron chi connectivity index (χ4n) is 8.76. The molecule has 3 fully saturated rings. The summed E-state index contributed by atoms with van der Waals surface area (Å²) in [6, 6.07) is 0. The van der Waals surface area contributed by atoms with E-state index in [2.05, 4.69) is 44.7 Å². The van der Waals surface area contributed by atoms with E-state index < -0.39 is 0 Å². The first kappa shape index (κ1) is 27.2. The van der Waals surface area contributed by atoms with Gasteiger partial charge in [0, 0.05) is 6.54 Å². The summed E-state index contributed by atoms with van der Waals surface area (Å²) in [5.41, 5.74) is 8.03. The van der Waals surface area contributed by atoms with Crippen molar-refractivity contribution in [3.05, 3.63) is 11.6 Å². The molecule has 4 aliphatic carbocycles. The number of nitrogens with two attached hydrogens (primary N) is 1. The van der Waals surface area contributed by atoms with Crippen LogP contribution in [-0.4, -0.2) is 6.54 Å². The Balaban J connectivity index is 0.000000555. The average Bonchev–Trinajstić information content (AvgIpc) is 3.14. The fraction of sp³-hybridized carbons (Fsp3) is 0.933. The van der Waals surface area contributed by atoms with Crippen molar-refractivity contribution in [3.63, 3.8) is 0 Å². The van der Waals surface area contributed by atoms with E-state index in [0.717, 1.165) is 36.1 Å². The third kappa shape index (κ3) is 6.07. The van der Waals surface area contributed by atoms with E-state index in [1.165, 1.54) is 83.5 Å². The van der Waals surface area contributed by atoms with Gasteiger partial charge in [0.2, 0.25) is 0 Å². The van der Waals surface area contributed by atoms with Gasteiger partial charge in [-0.1, -0.05) is 84.8 Å². The second-order valence-electron chi connectivity index (χ2n) is 12.6. The van der Waals surface area contributed by atoms with Gasteiger partial charge < -0.3 is 0 Å². The Kier molecular flexibility index (Phi) is 10.3. The highest BCUT2D eigenvalue weighted by molar-refractivity contribution is 5.24. The quantitative estimate of drug-likeness (QED) is 0.142. The lowest BCUT2D eigenvalue weighted by atomic mass is 9.46. The van der Waals surface area contributed by atoms with Crippen molar-refractivity contribution in [1.82, 2.24) is 11.0 Å². The van der Waals surface area contributed by atoms with Crippen molar-refractivity contribution < 1.29 is 0 Å². The molecular weight excluding hydrogens is 402 g/mol. The van der Waals surface area contributed by atoms with Crippen LogP contribution in [-0.2, 0) is 0 Å². The zero-order valence-electron chi connectivity index (χ0n) is 22.9. The van der Waals surface area contributed by atoms with E-state index in [9.17, 15) is 0 Å². The molecule has 0 bridgehead atoms. The maximum absolute atomic E-state index is 4.78. The molecule has 0 heterocycles. The lowest BCUT2D eigenvalue weighted by Gasteiger charge is -2.58. The van der Waals surface area contributed by atoms with Crippen LogP contribution in [0.25, 0.3) is 0 Å². The highest BCUT2D eigenvalue weighted by atomic mass is 15.5. The van der Waals surface area contributed by atoms with Gasteiger partial charge in [-0.25, -0.2) is 5.43 Å². The lowest BCUT2D eigenvalue weighted by molar-refractivity contribution is -0.0537. The average molecular weight is 460 g/mol. The Morgan fingerprint density at radius 3 is 2.36 bits per heavy atom. The molecule has 192 valence electrons. The van der Waals surface area contributed by atoms with Gasteiger partial charge in [0.05, 0.1) is 0 Å². The van der Waals surface area contributed by atoms with Crippen molar-refractivity contribution in [2.24, 2.45) is 46.3 Å². The molecule has 4 aliphatic rings. The van der Waals surface area contributed by atoms with Crippen LogP contribution in [0.4, 0.5) is 0 Å². The number of fused-ring (bicyclic) bond motifs is 5. The molecular formula is C30H57N3. The number of unbranched alkanes of at least 4 members (excludes halogenated alkanes) is 5. The minimum Gasteiger partial charge on any atom is -0.258 e. The largest absolute Gasteiger partial charge is 0.258 e. The highest BCUT2D eigenvalue weighted by Crippen LogP contribution is 2.67. The Morgan fingerprint density at radius 2 is 1.67 bits per heavy atom. The fourth-order valence-corrected chi connectivity index (χ4v) is 8.76. The second kappa shape index (κ2) is 12.5. The minimum atomic E-state index is 0.564. The molecule has 0 aromatic carbocycles. The van der Waals surface area contributed by atoms with Crippen LogP contribution in [0.15, 0.2) is 11.6 Å². The first-order valence-electron chi connectivity index (χ1n) is 14.8. The maximum atomic E-state index is 4.78. The summed E-state index contributed by atoms with van der Waals surface area (Å²) < 4.78 is 0. The van der Waals surface area contributed by atoms with Crippen molar-refractivity contribution in [1.29, 1.82) is 0 Å². The molecule has 3 saturated carbocycles. The summed E-state index contributed by atoms with van der Waals surface area (Å²) in [5.74, 6) is 9.76. The molecule has 0 aromatic rings. The molecule has 0 amide bonds. The Morgan fingerprint density at radius 1 is 0.909 bits per heavy atom. The standard InChI is InChI=1S/C28H48.C2H9N3/c1-5-6-7-8-9-10-11-22-13-15-25-24-14-12-23-20-21(2)16-18-28(23,4)26(24)17-19-27(22,25)3;1-2-4-5-3/h20-22,24-26H,5-19H2,1-4H3;4-5H,2-3H2,1H3. The first-order chi connectivity index (χ1) is 15.9. The predicted molar refractivity (Wildman–Crippen MR) is 143 cm³/mol. The Bertz CT molecular complexity index is 614. The van der Waals surface area contributed by atoms with Crippen molar-refractivity contribution in [2.45, 2.75) is 131 Å². The van der Waals surface area contributed by atoms with Gasteiger partial charge in [-0.3, -0.25) is 5.84 Å². The molecule has 0 spiro atoms. The summed E-state index contributed by atoms with van der Waals surface area (Å²) in [6.45, 7) is 13.0. The van der Waals surface area contributed by atoms with Crippen LogP contribution in [0.5, 0.6) is 0 Å². The number of hydrogen-bond acceptors (Lipinski definition) is 3. The van der Waals surface area contributed by atoms with Gasteiger partial charge in [-0.2, -0.15) is 5.53 Å². The van der Waals surface area contributed by atoms with Crippen LogP contribution >= 0.6 is 0 Å². The van der Waals surface area contributed by atoms with E-state index in [0.29, 0.717) is 10.8 Å². The van der Waals surface area contributed by atoms with Gasteiger partial charge >= 0.3 is 0 Å². The zero-order valence-corrected chi connectivity index (χ0v) is 22.9. The number of rotatable bonds is 9. The summed E-state index contributed by atoms with van der Waals surface area (Å²) in [5, 5.41) is 0. The molecule has 3 heteroatoms. The van der Waals surface area contributed by atoms with Crippen LogP contribution in [0.1, 0.15) is 131 Å². The zero-order chi connectivity index (χ0) is 23.9. The Labute approximate surface area is 206 Å². The number of hydrogen-bond donors (Lipinski definition) is 3. The minimum absolute atomic E-state index is 0.564. The van der Waals surface area contributed by atoms with Gasteiger partial charge in [0.15, 0.2) is 0 Å². The van der Waals surface area contributed by atoms with E-state index in [1.807, 2.05) is 12.5 Å². The van der Waals surface area contributed by atoms with Crippen LogP contribution < -0.4 is 16.8 Å². The third-order valence-corrected chi connectivity index (χ3v) is 10.7. The van der Waals surface area contributed by atoms with E-state index >= 15 is 0 Å². The lowest BCUT2D eigenvalue weighted by Crippen LogP contribution is -2.50. The maximum Gasteiger partial charge on any atom is 0.00845 e. The van der Waals surface area contributed by atoms with Crippen molar-refractivity contribution in [3.8, 4) is 0 Å². The third-order valence-electron chi connectivity index (χ3n) is 10.7. The first-order valence-corrected chi connectivity index (χ1v) is 14.8. The summed E-state index contributed by atoms with van der Waals surface area (Å²) in [7, 11) is 0. The number of allylic oxidation sites excluding steroid dienone is 2. The second-order valence-corrected chi connectivity index (χ2v) is 12.6. The number of hydrazine groups is 2. The summed E-state index contributed by atoms with van der Waals surface area (Å²) >= 11 is 0.